The van der Waals surface area contributed by atoms with Crippen molar-refractivity contribution in [3.05, 3.63) is 98.3 Å². The predicted octanol–water partition coefficient (Wildman–Crippen LogP) is 7.23. The van der Waals surface area contributed by atoms with E-state index in [9.17, 15) is 9.90 Å². The lowest BCUT2D eigenvalue weighted by molar-refractivity contribution is -0.118. The highest BCUT2D eigenvalue weighted by molar-refractivity contribution is 6.31. The molecule has 0 aliphatic carbocycles. The first kappa shape index (κ1) is 27.3. The standard InChI is InChI=1S/C31H31Cl2N3O3/c1-17(2)35-30-25(34-31(35)24-13-20(16-37)7-11-27(24)39-5)15-28(38)36(26-14-22(33)8-6-18(26)3)29(30)23-10-9-21(32)12-19(23)4/h6-14,17,29,37H,15-16H2,1-5H3. The first-order valence-corrected chi connectivity index (χ1v) is 13.6. The Hall–Kier alpha value is -3.32. The van der Waals surface area contributed by atoms with Gasteiger partial charge in [0.1, 0.15) is 17.6 Å². The van der Waals surface area contributed by atoms with Crippen molar-refractivity contribution >= 4 is 34.8 Å². The summed E-state index contributed by atoms with van der Waals surface area (Å²) in [7, 11) is 1.62. The van der Waals surface area contributed by atoms with Crippen LogP contribution in [0.25, 0.3) is 11.4 Å². The van der Waals surface area contributed by atoms with Gasteiger partial charge in [-0.2, -0.15) is 0 Å². The van der Waals surface area contributed by atoms with Crippen molar-refractivity contribution < 1.29 is 14.6 Å². The summed E-state index contributed by atoms with van der Waals surface area (Å²) in [6.45, 7) is 8.09. The summed E-state index contributed by atoms with van der Waals surface area (Å²) in [4.78, 5) is 20.9. The first-order valence-electron chi connectivity index (χ1n) is 12.9. The maximum absolute atomic E-state index is 14.0. The molecule has 6 nitrogen and oxygen atoms in total. The smallest absolute Gasteiger partial charge is 0.233 e. The van der Waals surface area contributed by atoms with E-state index in [1.54, 1.807) is 7.11 Å². The van der Waals surface area contributed by atoms with Crippen LogP contribution in [0.15, 0.2) is 54.6 Å². The molecular formula is C31H31Cl2N3O3. The van der Waals surface area contributed by atoms with Gasteiger partial charge in [0, 0.05) is 21.8 Å². The number of aliphatic hydroxyl groups is 1. The molecule has 0 saturated carbocycles. The number of halogens is 2. The van der Waals surface area contributed by atoms with Gasteiger partial charge in [-0.3, -0.25) is 9.69 Å². The molecule has 1 unspecified atom stereocenters. The van der Waals surface area contributed by atoms with Gasteiger partial charge in [0.2, 0.25) is 5.91 Å². The molecule has 1 N–H and O–H groups in total. The van der Waals surface area contributed by atoms with E-state index >= 15 is 0 Å². The Kier molecular flexibility index (Phi) is 7.47. The average Bonchev–Trinajstić information content (AvgIpc) is 3.28. The maximum Gasteiger partial charge on any atom is 0.233 e. The third-order valence-corrected chi connectivity index (χ3v) is 7.76. The molecule has 5 rings (SSSR count). The topological polar surface area (TPSA) is 67.6 Å². The van der Waals surface area contributed by atoms with Crippen molar-refractivity contribution in [3.8, 4) is 17.1 Å². The van der Waals surface area contributed by atoms with Crippen LogP contribution in [0, 0.1) is 13.8 Å². The van der Waals surface area contributed by atoms with Gasteiger partial charge in [0.05, 0.1) is 37.1 Å². The molecule has 39 heavy (non-hydrogen) atoms. The lowest BCUT2D eigenvalue weighted by Crippen LogP contribution is -2.42. The van der Waals surface area contributed by atoms with Gasteiger partial charge in [-0.25, -0.2) is 4.98 Å². The lowest BCUT2D eigenvalue weighted by atomic mass is 9.90. The molecule has 0 fully saturated rings. The van der Waals surface area contributed by atoms with E-state index in [2.05, 4.69) is 18.4 Å². The fourth-order valence-electron chi connectivity index (χ4n) is 5.50. The second-order valence-electron chi connectivity index (χ2n) is 10.2. The summed E-state index contributed by atoms with van der Waals surface area (Å²) in [5, 5.41) is 11.1. The van der Waals surface area contributed by atoms with Gasteiger partial charge >= 0.3 is 0 Å². The van der Waals surface area contributed by atoms with E-state index in [0.29, 0.717) is 21.6 Å². The van der Waals surface area contributed by atoms with Crippen LogP contribution in [-0.4, -0.2) is 27.7 Å². The van der Waals surface area contributed by atoms with Gasteiger partial charge in [-0.05, 0) is 86.3 Å². The molecule has 1 atom stereocenters. The number of benzene rings is 3. The minimum Gasteiger partial charge on any atom is -0.496 e. The van der Waals surface area contributed by atoms with Crippen LogP contribution in [0.2, 0.25) is 10.0 Å². The number of aromatic nitrogens is 2. The summed E-state index contributed by atoms with van der Waals surface area (Å²) < 4.78 is 7.90. The number of rotatable bonds is 6. The van der Waals surface area contributed by atoms with Crippen LogP contribution >= 0.6 is 23.2 Å². The highest BCUT2D eigenvalue weighted by Gasteiger charge is 2.41. The number of aliphatic hydroxyl groups excluding tert-OH is 1. The van der Waals surface area contributed by atoms with Crippen molar-refractivity contribution in [1.82, 2.24) is 9.55 Å². The zero-order valence-electron chi connectivity index (χ0n) is 22.6. The number of carbonyl (C=O) groups is 1. The number of fused-ring (bicyclic) bond motifs is 1. The minimum absolute atomic E-state index is 0.00403. The van der Waals surface area contributed by atoms with Crippen molar-refractivity contribution in [2.75, 3.05) is 12.0 Å². The zero-order valence-corrected chi connectivity index (χ0v) is 24.1. The molecule has 3 aromatic carbocycles. The van der Waals surface area contributed by atoms with E-state index in [1.165, 1.54) is 0 Å². The number of aryl methyl sites for hydroxylation is 2. The second-order valence-corrected chi connectivity index (χ2v) is 11.1. The zero-order chi connectivity index (χ0) is 28.0. The number of amides is 1. The molecule has 2 heterocycles. The maximum atomic E-state index is 14.0. The van der Waals surface area contributed by atoms with Crippen molar-refractivity contribution in [2.45, 2.75) is 52.8 Å². The number of methoxy groups -OCH3 is 1. The van der Waals surface area contributed by atoms with E-state index in [-0.39, 0.29) is 25.0 Å². The van der Waals surface area contributed by atoms with Crippen molar-refractivity contribution in [2.24, 2.45) is 0 Å². The average molecular weight is 565 g/mol. The molecule has 4 aromatic rings. The highest BCUT2D eigenvalue weighted by Crippen LogP contribution is 2.45. The summed E-state index contributed by atoms with van der Waals surface area (Å²) in [6.07, 6.45) is 0.138. The summed E-state index contributed by atoms with van der Waals surface area (Å²) in [5.41, 5.74) is 6.79. The third-order valence-electron chi connectivity index (χ3n) is 7.29. The summed E-state index contributed by atoms with van der Waals surface area (Å²) in [6, 6.07) is 16.5. The Morgan fingerprint density at radius 3 is 2.41 bits per heavy atom. The van der Waals surface area contributed by atoms with E-state index < -0.39 is 6.04 Å². The van der Waals surface area contributed by atoms with Crippen molar-refractivity contribution in [1.29, 1.82) is 0 Å². The number of imidazole rings is 1. The number of hydrogen-bond donors (Lipinski definition) is 1. The largest absolute Gasteiger partial charge is 0.496 e. The highest BCUT2D eigenvalue weighted by atomic mass is 35.5. The quantitative estimate of drug-likeness (QED) is 0.268. The molecular weight excluding hydrogens is 533 g/mol. The summed E-state index contributed by atoms with van der Waals surface area (Å²) >= 11 is 12.8. The Balaban J connectivity index is 1.85. The van der Waals surface area contributed by atoms with Crippen LogP contribution < -0.4 is 9.64 Å². The summed E-state index contributed by atoms with van der Waals surface area (Å²) in [5.74, 6) is 1.27. The van der Waals surface area contributed by atoms with Crippen LogP contribution in [0.1, 0.15) is 59.6 Å². The normalized spacial score (nSPS) is 15.2. The third kappa shape index (κ3) is 4.82. The molecule has 0 bridgehead atoms. The molecule has 0 saturated heterocycles. The number of ether oxygens (including phenoxy) is 1. The van der Waals surface area contributed by atoms with Crippen LogP contribution in [-0.2, 0) is 17.8 Å². The van der Waals surface area contributed by atoms with Gasteiger partial charge in [0.25, 0.3) is 0 Å². The fraction of sp³-hybridized carbons (Fsp3) is 0.290. The van der Waals surface area contributed by atoms with Gasteiger partial charge < -0.3 is 14.4 Å². The molecule has 1 aromatic heterocycles. The Bertz CT molecular complexity index is 1580. The lowest BCUT2D eigenvalue weighted by Gasteiger charge is -2.38. The molecule has 1 aliphatic heterocycles. The number of anilines is 1. The minimum atomic E-state index is -0.466. The van der Waals surface area contributed by atoms with Gasteiger partial charge in [-0.1, -0.05) is 41.4 Å². The molecule has 8 heteroatoms. The van der Waals surface area contributed by atoms with E-state index in [0.717, 1.165) is 44.9 Å². The van der Waals surface area contributed by atoms with Crippen LogP contribution in [0.3, 0.4) is 0 Å². The number of carbonyl (C=O) groups excluding carboxylic acids is 1. The Labute approximate surface area is 238 Å². The Morgan fingerprint density at radius 1 is 1.03 bits per heavy atom. The number of nitrogens with zero attached hydrogens (tertiary/aromatic N) is 3. The van der Waals surface area contributed by atoms with Gasteiger partial charge in [-0.15, -0.1) is 0 Å². The molecule has 1 amide bonds. The number of hydrogen-bond acceptors (Lipinski definition) is 4. The van der Waals surface area contributed by atoms with Gasteiger partial charge in [0.15, 0.2) is 0 Å². The predicted molar refractivity (Wildman–Crippen MR) is 156 cm³/mol. The van der Waals surface area contributed by atoms with Crippen molar-refractivity contribution in [3.63, 3.8) is 0 Å². The van der Waals surface area contributed by atoms with Crippen LogP contribution in [0.5, 0.6) is 5.75 Å². The molecule has 0 spiro atoms. The molecule has 1 aliphatic rings. The van der Waals surface area contributed by atoms with E-state index in [4.69, 9.17) is 32.9 Å². The SMILES string of the molecule is COc1ccc(CO)cc1-c1nc2c(n1C(C)C)C(c1ccc(Cl)cc1C)N(c1cc(Cl)ccc1C)C(=O)C2. The second kappa shape index (κ2) is 10.7. The first-order chi connectivity index (χ1) is 18.6. The fourth-order valence-corrected chi connectivity index (χ4v) is 5.89. The van der Waals surface area contributed by atoms with E-state index in [1.807, 2.05) is 73.3 Å². The molecule has 0 radical (unpaired) electrons. The van der Waals surface area contributed by atoms with Crippen LogP contribution in [0.4, 0.5) is 5.69 Å². The Morgan fingerprint density at radius 2 is 1.74 bits per heavy atom. The molecule has 202 valence electrons. The monoisotopic (exact) mass is 563 g/mol.